The van der Waals surface area contributed by atoms with Gasteiger partial charge in [-0.3, -0.25) is 0 Å². The summed E-state index contributed by atoms with van der Waals surface area (Å²) in [6.07, 6.45) is 1.99. The molecule has 0 aromatic heterocycles. The lowest BCUT2D eigenvalue weighted by Gasteiger charge is -2.19. The first kappa shape index (κ1) is 14.7. The van der Waals surface area contributed by atoms with Gasteiger partial charge in [0.05, 0.1) is 0 Å². The second kappa shape index (κ2) is 6.15. The molecule has 0 radical (unpaired) electrons. The molecule has 1 saturated heterocycles. The first-order chi connectivity index (χ1) is 10.1. The summed E-state index contributed by atoms with van der Waals surface area (Å²) in [7, 11) is 3.89. The molecular weight excluding hydrogens is 260 g/mol. The van der Waals surface area contributed by atoms with Crippen LogP contribution >= 0.6 is 0 Å². The minimum atomic E-state index is 0.208. The van der Waals surface area contributed by atoms with Gasteiger partial charge in [0.2, 0.25) is 0 Å². The standard InChI is InChI=1S/C17H18N4/c1-13-6-4-5-7-17(13)21-11-15(10-20(2)3)16(12-21)14(8-18)9-19/h4-7,10H,11-12H2,1-3H3/b15-10-. The van der Waals surface area contributed by atoms with E-state index in [0.29, 0.717) is 13.1 Å². The van der Waals surface area contributed by atoms with E-state index < -0.39 is 0 Å². The van der Waals surface area contributed by atoms with Crippen molar-refractivity contribution in [2.75, 3.05) is 32.1 Å². The van der Waals surface area contributed by atoms with Crippen LogP contribution in [0.15, 0.2) is 47.2 Å². The fourth-order valence-corrected chi connectivity index (χ4v) is 2.57. The zero-order valence-corrected chi connectivity index (χ0v) is 12.6. The minimum Gasteiger partial charge on any atom is -0.383 e. The number of para-hydroxylation sites is 1. The van der Waals surface area contributed by atoms with Crippen LogP contribution < -0.4 is 4.90 Å². The monoisotopic (exact) mass is 278 g/mol. The molecule has 1 fully saturated rings. The molecule has 1 aromatic rings. The molecule has 0 bridgehead atoms. The Morgan fingerprint density at radius 2 is 1.86 bits per heavy atom. The van der Waals surface area contributed by atoms with Crippen LogP contribution in [0.1, 0.15) is 5.56 Å². The molecule has 0 atom stereocenters. The number of allylic oxidation sites excluding steroid dienone is 1. The maximum absolute atomic E-state index is 9.16. The molecule has 1 heterocycles. The fourth-order valence-electron chi connectivity index (χ4n) is 2.57. The summed E-state index contributed by atoms with van der Waals surface area (Å²) < 4.78 is 0. The topological polar surface area (TPSA) is 54.1 Å². The molecule has 0 saturated carbocycles. The van der Waals surface area contributed by atoms with Crippen LogP contribution in [0.25, 0.3) is 0 Å². The van der Waals surface area contributed by atoms with Gasteiger partial charge in [-0.1, -0.05) is 18.2 Å². The molecular formula is C17H18N4. The molecule has 1 aliphatic heterocycles. The normalized spacial score (nSPS) is 15.8. The van der Waals surface area contributed by atoms with Crippen LogP contribution in [-0.2, 0) is 0 Å². The third-order valence-electron chi connectivity index (χ3n) is 3.49. The summed E-state index contributed by atoms with van der Waals surface area (Å²) in [4.78, 5) is 4.15. The van der Waals surface area contributed by atoms with Crippen molar-refractivity contribution in [2.45, 2.75) is 6.92 Å². The van der Waals surface area contributed by atoms with Gasteiger partial charge in [-0.2, -0.15) is 10.5 Å². The predicted octanol–water partition coefficient (Wildman–Crippen LogP) is 2.60. The van der Waals surface area contributed by atoms with Gasteiger partial charge in [0.15, 0.2) is 0 Å². The van der Waals surface area contributed by atoms with Crippen molar-refractivity contribution in [3.8, 4) is 12.1 Å². The van der Waals surface area contributed by atoms with E-state index in [1.165, 1.54) is 5.56 Å². The molecule has 106 valence electrons. The zero-order chi connectivity index (χ0) is 15.4. The van der Waals surface area contributed by atoms with E-state index in [0.717, 1.165) is 16.8 Å². The lowest BCUT2D eigenvalue weighted by molar-refractivity contribution is 0.559. The maximum atomic E-state index is 9.16. The zero-order valence-electron chi connectivity index (χ0n) is 12.6. The van der Waals surface area contributed by atoms with Crippen LogP contribution in [0.3, 0.4) is 0 Å². The Kier molecular flexibility index (Phi) is 4.30. The third-order valence-corrected chi connectivity index (χ3v) is 3.49. The van der Waals surface area contributed by atoms with Crippen LogP contribution in [0.4, 0.5) is 5.69 Å². The number of nitrogens with zero attached hydrogens (tertiary/aromatic N) is 4. The summed E-state index contributed by atoms with van der Waals surface area (Å²) in [6.45, 7) is 3.38. The van der Waals surface area contributed by atoms with Gasteiger partial charge in [-0.05, 0) is 24.1 Å². The van der Waals surface area contributed by atoms with E-state index in [9.17, 15) is 0 Å². The summed E-state index contributed by atoms with van der Waals surface area (Å²) in [5, 5.41) is 18.3. The Labute approximate surface area is 125 Å². The van der Waals surface area contributed by atoms with E-state index in [2.05, 4.69) is 24.0 Å². The number of rotatable bonds is 2. The number of nitriles is 2. The molecule has 4 nitrogen and oxygen atoms in total. The van der Waals surface area contributed by atoms with Gasteiger partial charge in [0.1, 0.15) is 17.7 Å². The first-order valence-corrected chi connectivity index (χ1v) is 6.78. The largest absolute Gasteiger partial charge is 0.383 e. The lowest BCUT2D eigenvalue weighted by atomic mass is 10.1. The van der Waals surface area contributed by atoms with Crippen molar-refractivity contribution in [1.29, 1.82) is 10.5 Å². The number of aryl methyl sites for hydroxylation is 1. The number of anilines is 1. The van der Waals surface area contributed by atoms with Crippen LogP contribution in [-0.4, -0.2) is 32.1 Å². The molecule has 0 unspecified atom stereocenters. The maximum Gasteiger partial charge on any atom is 0.135 e. The molecule has 4 heteroatoms. The SMILES string of the molecule is Cc1ccccc1N1CC(=C(C#N)C#N)/C(=C\N(C)C)C1. The second-order valence-electron chi connectivity index (χ2n) is 5.34. The van der Waals surface area contributed by atoms with Gasteiger partial charge in [-0.25, -0.2) is 0 Å². The highest BCUT2D eigenvalue weighted by atomic mass is 15.2. The second-order valence-corrected chi connectivity index (χ2v) is 5.34. The van der Waals surface area contributed by atoms with Crippen LogP contribution in [0.5, 0.6) is 0 Å². The Bertz CT molecular complexity index is 667. The fraction of sp³-hybridized carbons (Fsp3) is 0.294. The van der Waals surface area contributed by atoms with Gasteiger partial charge >= 0.3 is 0 Å². The summed E-state index contributed by atoms with van der Waals surface area (Å²) in [6, 6.07) is 12.2. The Balaban J connectivity index is 2.46. The van der Waals surface area contributed by atoms with E-state index in [-0.39, 0.29) is 5.57 Å². The van der Waals surface area contributed by atoms with Gasteiger partial charge in [-0.15, -0.1) is 0 Å². The third kappa shape index (κ3) is 3.07. The van der Waals surface area contributed by atoms with Crippen molar-refractivity contribution >= 4 is 5.69 Å². The molecule has 21 heavy (non-hydrogen) atoms. The molecule has 1 aliphatic rings. The number of hydrogen-bond acceptors (Lipinski definition) is 4. The predicted molar refractivity (Wildman–Crippen MR) is 83.4 cm³/mol. The highest BCUT2D eigenvalue weighted by molar-refractivity contribution is 5.63. The van der Waals surface area contributed by atoms with Gasteiger partial charge in [0.25, 0.3) is 0 Å². The van der Waals surface area contributed by atoms with E-state index in [1.807, 2.05) is 49.5 Å². The smallest absolute Gasteiger partial charge is 0.135 e. The average molecular weight is 278 g/mol. The van der Waals surface area contributed by atoms with Crippen molar-refractivity contribution < 1.29 is 0 Å². The average Bonchev–Trinajstić information content (AvgIpc) is 2.84. The molecule has 0 spiro atoms. The Morgan fingerprint density at radius 1 is 1.19 bits per heavy atom. The minimum absolute atomic E-state index is 0.208. The lowest BCUT2D eigenvalue weighted by Crippen LogP contribution is -2.19. The van der Waals surface area contributed by atoms with E-state index in [1.54, 1.807) is 0 Å². The highest BCUT2D eigenvalue weighted by Gasteiger charge is 2.26. The van der Waals surface area contributed by atoms with Crippen molar-refractivity contribution in [3.05, 3.63) is 52.7 Å². The molecule has 0 amide bonds. The van der Waals surface area contributed by atoms with Crippen molar-refractivity contribution in [1.82, 2.24) is 4.90 Å². The van der Waals surface area contributed by atoms with E-state index >= 15 is 0 Å². The molecule has 0 aliphatic carbocycles. The van der Waals surface area contributed by atoms with E-state index in [4.69, 9.17) is 10.5 Å². The van der Waals surface area contributed by atoms with Gasteiger partial charge in [0, 0.05) is 44.6 Å². The summed E-state index contributed by atoms with van der Waals surface area (Å²) >= 11 is 0. The van der Waals surface area contributed by atoms with Gasteiger partial charge < -0.3 is 9.80 Å². The van der Waals surface area contributed by atoms with Crippen molar-refractivity contribution in [2.24, 2.45) is 0 Å². The quantitative estimate of drug-likeness (QED) is 0.780. The summed E-state index contributed by atoms with van der Waals surface area (Å²) in [5.41, 5.74) is 4.41. The van der Waals surface area contributed by atoms with Crippen molar-refractivity contribution in [3.63, 3.8) is 0 Å². The Morgan fingerprint density at radius 3 is 2.43 bits per heavy atom. The van der Waals surface area contributed by atoms with Crippen LogP contribution in [0.2, 0.25) is 0 Å². The number of hydrogen-bond donors (Lipinski definition) is 0. The molecule has 0 N–H and O–H groups in total. The summed E-state index contributed by atoms with van der Waals surface area (Å²) in [5.74, 6) is 0. The highest BCUT2D eigenvalue weighted by Crippen LogP contribution is 2.31. The first-order valence-electron chi connectivity index (χ1n) is 6.78. The molecule has 2 rings (SSSR count). The molecule has 1 aromatic carbocycles. The Hall–Kier alpha value is -2.72. The number of benzene rings is 1. The van der Waals surface area contributed by atoms with Crippen LogP contribution in [0, 0.1) is 29.6 Å².